The molecule has 0 saturated heterocycles. The molecule has 0 radical (unpaired) electrons. The van der Waals surface area contributed by atoms with Crippen LogP contribution in [0.25, 0.3) is 0 Å². The number of unbranched alkanes of at least 4 members (excludes halogenated alkanes) is 5. The zero-order chi connectivity index (χ0) is 9.23. The van der Waals surface area contributed by atoms with Gasteiger partial charge in [0, 0.05) is 0 Å². The lowest BCUT2D eigenvalue weighted by Crippen LogP contribution is -1.82. The summed E-state index contributed by atoms with van der Waals surface area (Å²) in [5.74, 6) is 0. The second kappa shape index (κ2) is 8.71. The lowest BCUT2D eigenvalue weighted by molar-refractivity contribution is 0.604. The molecule has 0 rings (SSSR count). The van der Waals surface area contributed by atoms with Crippen LogP contribution in [0.3, 0.4) is 0 Å². The molecule has 0 atom stereocenters. The minimum absolute atomic E-state index is 0.461. The summed E-state index contributed by atoms with van der Waals surface area (Å²) < 4.78 is 23.3. The standard InChI is InChI=1S/C8H17NO2S/c1-2-3-4-5-6-7-8-9-12(10)11/h2-8H2,1H3. The van der Waals surface area contributed by atoms with Crippen LogP contribution < -0.4 is 0 Å². The van der Waals surface area contributed by atoms with Crippen LogP contribution in [-0.2, 0) is 10.5 Å². The minimum Gasteiger partial charge on any atom is -0.172 e. The summed E-state index contributed by atoms with van der Waals surface area (Å²) in [4.78, 5) is 0. The SMILES string of the molecule is CCCCCCCCN=S(=O)=O. The maximum Gasteiger partial charge on any atom is 0.311 e. The van der Waals surface area contributed by atoms with Gasteiger partial charge in [-0.1, -0.05) is 39.0 Å². The van der Waals surface area contributed by atoms with Gasteiger partial charge in [0.25, 0.3) is 0 Å². The van der Waals surface area contributed by atoms with Crippen molar-refractivity contribution in [2.45, 2.75) is 45.4 Å². The summed E-state index contributed by atoms with van der Waals surface area (Å²) in [5, 5.41) is 0. The maximum atomic E-state index is 9.97. The Labute approximate surface area is 75.9 Å². The molecule has 0 aromatic carbocycles. The third-order valence-electron chi connectivity index (χ3n) is 1.71. The van der Waals surface area contributed by atoms with Gasteiger partial charge < -0.3 is 0 Å². The zero-order valence-electron chi connectivity index (χ0n) is 7.62. The van der Waals surface area contributed by atoms with Gasteiger partial charge in [-0.15, -0.1) is 0 Å². The average Bonchev–Trinajstić information content (AvgIpc) is 2.02. The summed E-state index contributed by atoms with van der Waals surface area (Å²) in [6, 6.07) is 0. The van der Waals surface area contributed by atoms with Crippen molar-refractivity contribution in [3.63, 3.8) is 0 Å². The van der Waals surface area contributed by atoms with Gasteiger partial charge in [-0.05, 0) is 6.42 Å². The van der Waals surface area contributed by atoms with E-state index in [0.717, 1.165) is 12.8 Å². The van der Waals surface area contributed by atoms with Gasteiger partial charge in [-0.25, -0.2) is 0 Å². The molecule has 0 aliphatic carbocycles. The number of hydrogen-bond acceptors (Lipinski definition) is 3. The fraction of sp³-hybridized carbons (Fsp3) is 1.00. The molecule has 0 aliphatic rings. The first-order valence-electron chi connectivity index (χ1n) is 4.54. The molecule has 0 amide bonds. The summed E-state index contributed by atoms with van der Waals surface area (Å²) in [7, 11) is -2.20. The van der Waals surface area contributed by atoms with Gasteiger partial charge in [0.05, 0.1) is 6.54 Å². The monoisotopic (exact) mass is 191 g/mol. The normalized spacial score (nSPS) is 9.75. The molecule has 4 heteroatoms. The van der Waals surface area contributed by atoms with Crippen molar-refractivity contribution in [3.8, 4) is 0 Å². The van der Waals surface area contributed by atoms with Gasteiger partial charge in [-0.2, -0.15) is 12.8 Å². The van der Waals surface area contributed by atoms with Crippen molar-refractivity contribution in [2.24, 2.45) is 4.36 Å². The number of rotatable bonds is 7. The molecule has 0 aromatic rings. The number of hydrogen-bond donors (Lipinski definition) is 0. The lowest BCUT2D eigenvalue weighted by Gasteiger charge is -1.95. The Bertz CT molecular complexity index is 201. The largest absolute Gasteiger partial charge is 0.311 e. The van der Waals surface area contributed by atoms with Gasteiger partial charge >= 0.3 is 10.5 Å². The zero-order valence-corrected chi connectivity index (χ0v) is 8.44. The molecule has 0 fully saturated rings. The van der Waals surface area contributed by atoms with Crippen LogP contribution in [0, 0.1) is 0 Å². The molecular weight excluding hydrogens is 174 g/mol. The van der Waals surface area contributed by atoms with E-state index in [-0.39, 0.29) is 0 Å². The fourth-order valence-corrected chi connectivity index (χ4v) is 1.31. The van der Waals surface area contributed by atoms with Crippen molar-refractivity contribution >= 4 is 10.5 Å². The Kier molecular flexibility index (Phi) is 8.44. The quantitative estimate of drug-likeness (QED) is 0.580. The minimum atomic E-state index is -2.20. The van der Waals surface area contributed by atoms with E-state index < -0.39 is 10.5 Å². The van der Waals surface area contributed by atoms with Crippen LogP contribution in [-0.4, -0.2) is 15.0 Å². The molecule has 0 unspecified atom stereocenters. The highest BCUT2D eigenvalue weighted by molar-refractivity contribution is 7.61. The Morgan fingerprint density at radius 1 is 1.00 bits per heavy atom. The Balaban J connectivity index is 3.06. The molecule has 0 N–H and O–H groups in total. The highest BCUT2D eigenvalue weighted by Gasteiger charge is 1.88. The third kappa shape index (κ3) is 9.62. The van der Waals surface area contributed by atoms with E-state index in [0.29, 0.717) is 6.54 Å². The van der Waals surface area contributed by atoms with Crippen molar-refractivity contribution in [2.75, 3.05) is 6.54 Å². The van der Waals surface area contributed by atoms with Gasteiger partial charge in [0.1, 0.15) is 0 Å². The van der Waals surface area contributed by atoms with Crippen LogP contribution >= 0.6 is 0 Å². The summed E-state index contributed by atoms with van der Waals surface area (Å²) in [6.07, 6.45) is 6.99. The molecule has 0 heterocycles. The van der Waals surface area contributed by atoms with E-state index in [4.69, 9.17) is 0 Å². The molecule has 0 aliphatic heterocycles. The lowest BCUT2D eigenvalue weighted by atomic mass is 10.1. The fourth-order valence-electron chi connectivity index (χ4n) is 1.03. The Hall–Kier alpha value is -0.380. The second-order valence-electron chi connectivity index (χ2n) is 2.84. The molecule has 0 spiro atoms. The van der Waals surface area contributed by atoms with E-state index >= 15 is 0 Å². The average molecular weight is 191 g/mol. The Morgan fingerprint density at radius 2 is 1.58 bits per heavy atom. The highest BCUT2D eigenvalue weighted by atomic mass is 32.2. The molecular formula is C8H17NO2S. The Morgan fingerprint density at radius 3 is 2.17 bits per heavy atom. The third-order valence-corrected chi connectivity index (χ3v) is 2.10. The van der Waals surface area contributed by atoms with Crippen molar-refractivity contribution in [3.05, 3.63) is 0 Å². The number of nitrogens with zero attached hydrogens (tertiary/aromatic N) is 1. The molecule has 0 saturated carbocycles. The maximum absolute atomic E-state index is 9.97. The first-order valence-corrected chi connectivity index (χ1v) is 5.57. The van der Waals surface area contributed by atoms with Crippen LogP contribution in [0.2, 0.25) is 0 Å². The van der Waals surface area contributed by atoms with Gasteiger partial charge in [0.15, 0.2) is 0 Å². The second-order valence-corrected chi connectivity index (χ2v) is 3.53. The first kappa shape index (κ1) is 11.6. The first-order chi connectivity index (χ1) is 5.77. The predicted octanol–water partition coefficient (Wildman–Crippen LogP) is 2.41. The highest BCUT2D eigenvalue weighted by Crippen LogP contribution is 2.04. The molecule has 0 aromatic heterocycles. The van der Waals surface area contributed by atoms with Crippen LogP contribution in [0.4, 0.5) is 0 Å². The summed E-state index contributed by atoms with van der Waals surface area (Å²) in [5.41, 5.74) is 0. The van der Waals surface area contributed by atoms with Crippen LogP contribution in [0.1, 0.15) is 45.4 Å². The van der Waals surface area contributed by atoms with E-state index in [9.17, 15) is 8.42 Å². The smallest absolute Gasteiger partial charge is 0.172 e. The van der Waals surface area contributed by atoms with E-state index in [1.807, 2.05) is 0 Å². The van der Waals surface area contributed by atoms with Crippen molar-refractivity contribution in [1.82, 2.24) is 0 Å². The van der Waals surface area contributed by atoms with E-state index in [1.54, 1.807) is 0 Å². The molecule has 12 heavy (non-hydrogen) atoms. The van der Waals surface area contributed by atoms with Crippen LogP contribution in [0.15, 0.2) is 4.36 Å². The van der Waals surface area contributed by atoms with E-state index in [2.05, 4.69) is 11.3 Å². The molecule has 3 nitrogen and oxygen atoms in total. The summed E-state index contributed by atoms with van der Waals surface area (Å²) in [6.45, 7) is 2.64. The van der Waals surface area contributed by atoms with Crippen molar-refractivity contribution < 1.29 is 8.42 Å². The van der Waals surface area contributed by atoms with Gasteiger partial charge in [0.2, 0.25) is 0 Å². The predicted molar refractivity (Wildman–Crippen MR) is 49.6 cm³/mol. The van der Waals surface area contributed by atoms with Crippen molar-refractivity contribution in [1.29, 1.82) is 0 Å². The van der Waals surface area contributed by atoms with Crippen LogP contribution in [0.5, 0.6) is 0 Å². The molecule has 72 valence electrons. The van der Waals surface area contributed by atoms with Gasteiger partial charge in [-0.3, -0.25) is 0 Å². The van der Waals surface area contributed by atoms with E-state index in [1.165, 1.54) is 25.7 Å². The molecule has 0 bridgehead atoms. The summed E-state index contributed by atoms with van der Waals surface area (Å²) >= 11 is 0. The topological polar surface area (TPSA) is 46.5 Å².